The first-order chi connectivity index (χ1) is 11.2. The molecule has 1 aromatic rings. The predicted octanol–water partition coefficient (Wildman–Crippen LogP) is 3.18. The van der Waals surface area contributed by atoms with E-state index in [-0.39, 0.29) is 24.0 Å². The third-order valence-corrected chi connectivity index (χ3v) is 3.71. The third kappa shape index (κ3) is 7.70. The molecule has 0 saturated carbocycles. The summed E-state index contributed by atoms with van der Waals surface area (Å²) in [6.07, 6.45) is 2.59. The van der Waals surface area contributed by atoms with Crippen LogP contribution in [0.15, 0.2) is 29.3 Å². The van der Waals surface area contributed by atoms with Crippen LogP contribution in [0.25, 0.3) is 0 Å². The van der Waals surface area contributed by atoms with Crippen molar-refractivity contribution < 1.29 is 9.47 Å². The Morgan fingerprint density at radius 3 is 2.62 bits per heavy atom. The number of hydrogen-bond donors (Lipinski definition) is 2. The third-order valence-electron chi connectivity index (χ3n) is 3.71. The number of rotatable bonds is 7. The van der Waals surface area contributed by atoms with Gasteiger partial charge in [0.05, 0.1) is 12.7 Å². The molecule has 0 spiro atoms. The zero-order valence-corrected chi connectivity index (χ0v) is 17.2. The maximum atomic E-state index is 5.69. The Bertz CT molecular complexity index is 486. The summed E-state index contributed by atoms with van der Waals surface area (Å²) in [7, 11) is 1.79. The molecule has 1 heterocycles. The second-order valence-electron chi connectivity index (χ2n) is 6.29. The Kier molecular flexibility index (Phi) is 10.1. The minimum absolute atomic E-state index is 0. The van der Waals surface area contributed by atoms with E-state index in [0.29, 0.717) is 12.0 Å². The van der Waals surface area contributed by atoms with E-state index in [9.17, 15) is 0 Å². The minimum Gasteiger partial charge on any atom is -0.493 e. The molecular weight excluding hydrogens is 417 g/mol. The highest BCUT2D eigenvalue weighted by Gasteiger charge is 2.15. The Morgan fingerprint density at radius 1 is 1.29 bits per heavy atom. The lowest BCUT2D eigenvalue weighted by molar-refractivity contribution is 0.114. The van der Waals surface area contributed by atoms with Crippen molar-refractivity contribution >= 4 is 29.9 Å². The van der Waals surface area contributed by atoms with E-state index in [1.807, 2.05) is 12.1 Å². The summed E-state index contributed by atoms with van der Waals surface area (Å²) in [4.78, 5) is 4.24. The van der Waals surface area contributed by atoms with Crippen LogP contribution in [0.4, 0.5) is 0 Å². The van der Waals surface area contributed by atoms with Crippen LogP contribution < -0.4 is 15.4 Å². The van der Waals surface area contributed by atoms with E-state index in [1.165, 1.54) is 5.56 Å². The van der Waals surface area contributed by atoms with Crippen LogP contribution in [0.3, 0.4) is 0 Å². The SMILES string of the molecule is CN=C(NCc1ccc(OCC(C)C)cc1)NCC1CCCO1.I. The number of ether oxygens (including phenoxy) is 2. The molecule has 0 bridgehead atoms. The standard InChI is InChI=1S/C18H29N3O2.HI/c1-14(2)13-23-16-8-6-15(7-9-16)11-20-18(19-3)21-12-17-5-4-10-22-17;/h6-9,14,17H,4-5,10-13H2,1-3H3,(H2,19,20,21);1H. The molecule has 1 aromatic carbocycles. The Labute approximate surface area is 162 Å². The highest BCUT2D eigenvalue weighted by molar-refractivity contribution is 14.0. The van der Waals surface area contributed by atoms with Crippen molar-refractivity contribution in [1.82, 2.24) is 10.6 Å². The van der Waals surface area contributed by atoms with Gasteiger partial charge in [-0.15, -0.1) is 24.0 Å². The second-order valence-corrected chi connectivity index (χ2v) is 6.29. The fourth-order valence-electron chi connectivity index (χ4n) is 2.39. The largest absolute Gasteiger partial charge is 0.493 e. The van der Waals surface area contributed by atoms with Crippen molar-refractivity contribution in [3.05, 3.63) is 29.8 Å². The van der Waals surface area contributed by atoms with Crippen LogP contribution in [-0.4, -0.2) is 38.9 Å². The average molecular weight is 447 g/mol. The van der Waals surface area contributed by atoms with E-state index in [1.54, 1.807) is 7.05 Å². The van der Waals surface area contributed by atoms with Crippen LogP contribution in [0, 0.1) is 5.92 Å². The van der Waals surface area contributed by atoms with Crippen LogP contribution in [-0.2, 0) is 11.3 Å². The van der Waals surface area contributed by atoms with Gasteiger partial charge in [-0.2, -0.15) is 0 Å². The maximum absolute atomic E-state index is 5.69. The summed E-state index contributed by atoms with van der Waals surface area (Å²) in [6, 6.07) is 8.19. The van der Waals surface area contributed by atoms with E-state index < -0.39 is 0 Å². The second kappa shape index (κ2) is 11.5. The maximum Gasteiger partial charge on any atom is 0.191 e. The predicted molar refractivity (Wildman–Crippen MR) is 109 cm³/mol. The van der Waals surface area contributed by atoms with Gasteiger partial charge in [-0.25, -0.2) is 0 Å². The molecule has 1 unspecified atom stereocenters. The lowest BCUT2D eigenvalue weighted by Crippen LogP contribution is -2.40. The summed E-state index contributed by atoms with van der Waals surface area (Å²) < 4.78 is 11.3. The molecule has 136 valence electrons. The number of guanidine groups is 1. The van der Waals surface area contributed by atoms with E-state index in [4.69, 9.17) is 9.47 Å². The smallest absolute Gasteiger partial charge is 0.191 e. The Balaban J connectivity index is 0.00000288. The highest BCUT2D eigenvalue weighted by atomic mass is 127. The number of aliphatic imine (C=N–C) groups is 1. The summed E-state index contributed by atoms with van der Waals surface area (Å²) in [6.45, 7) is 7.46. The first-order valence-corrected chi connectivity index (χ1v) is 8.45. The van der Waals surface area contributed by atoms with Gasteiger partial charge < -0.3 is 20.1 Å². The van der Waals surface area contributed by atoms with Gasteiger partial charge in [0.2, 0.25) is 0 Å². The van der Waals surface area contributed by atoms with Crippen molar-refractivity contribution in [2.24, 2.45) is 10.9 Å². The van der Waals surface area contributed by atoms with Gasteiger partial charge >= 0.3 is 0 Å². The zero-order valence-electron chi connectivity index (χ0n) is 14.9. The average Bonchev–Trinajstić information content (AvgIpc) is 3.07. The van der Waals surface area contributed by atoms with Crippen molar-refractivity contribution in [2.45, 2.75) is 39.3 Å². The van der Waals surface area contributed by atoms with Crippen molar-refractivity contribution in [2.75, 3.05) is 26.8 Å². The van der Waals surface area contributed by atoms with Crippen LogP contribution in [0.2, 0.25) is 0 Å². The molecule has 1 fully saturated rings. The lowest BCUT2D eigenvalue weighted by atomic mass is 10.2. The minimum atomic E-state index is 0. The number of halogens is 1. The number of nitrogens with zero attached hydrogens (tertiary/aromatic N) is 1. The van der Waals surface area contributed by atoms with Crippen LogP contribution in [0.5, 0.6) is 5.75 Å². The van der Waals surface area contributed by atoms with Crippen molar-refractivity contribution in [1.29, 1.82) is 0 Å². The lowest BCUT2D eigenvalue weighted by Gasteiger charge is -2.15. The molecule has 0 aromatic heterocycles. The monoisotopic (exact) mass is 447 g/mol. The van der Waals surface area contributed by atoms with Gasteiger partial charge in [-0.3, -0.25) is 4.99 Å². The van der Waals surface area contributed by atoms with Gasteiger partial charge in [0.25, 0.3) is 0 Å². The molecule has 0 radical (unpaired) electrons. The topological polar surface area (TPSA) is 54.9 Å². The van der Waals surface area contributed by atoms with Gasteiger partial charge in [0, 0.05) is 26.7 Å². The molecular formula is C18H30IN3O2. The highest BCUT2D eigenvalue weighted by Crippen LogP contribution is 2.13. The van der Waals surface area contributed by atoms with Crippen LogP contribution in [0.1, 0.15) is 32.3 Å². The Hall–Kier alpha value is -1.02. The molecule has 1 aliphatic rings. The fraction of sp³-hybridized carbons (Fsp3) is 0.611. The van der Waals surface area contributed by atoms with Gasteiger partial charge in [0.15, 0.2) is 5.96 Å². The van der Waals surface area contributed by atoms with Gasteiger partial charge in [-0.1, -0.05) is 26.0 Å². The molecule has 1 atom stereocenters. The quantitative estimate of drug-likeness (QED) is 0.383. The molecule has 1 aliphatic heterocycles. The number of hydrogen-bond acceptors (Lipinski definition) is 3. The number of nitrogens with one attached hydrogen (secondary N) is 2. The fourth-order valence-corrected chi connectivity index (χ4v) is 2.39. The first-order valence-electron chi connectivity index (χ1n) is 8.45. The van der Waals surface area contributed by atoms with Crippen molar-refractivity contribution in [3.63, 3.8) is 0 Å². The molecule has 6 heteroatoms. The molecule has 2 N–H and O–H groups in total. The van der Waals surface area contributed by atoms with Gasteiger partial charge in [-0.05, 0) is 36.5 Å². The van der Waals surface area contributed by atoms with E-state index >= 15 is 0 Å². The number of benzene rings is 1. The molecule has 5 nitrogen and oxygen atoms in total. The van der Waals surface area contributed by atoms with Crippen LogP contribution >= 0.6 is 24.0 Å². The Morgan fingerprint density at radius 2 is 2.04 bits per heavy atom. The summed E-state index contributed by atoms with van der Waals surface area (Å²) in [5.74, 6) is 2.26. The summed E-state index contributed by atoms with van der Waals surface area (Å²) >= 11 is 0. The van der Waals surface area contributed by atoms with E-state index in [2.05, 4.69) is 41.6 Å². The molecule has 2 rings (SSSR count). The summed E-state index contributed by atoms with van der Waals surface area (Å²) in [5, 5.41) is 6.64. The normalized spacial score (nSPS) is 17.5. The molecule has 24 heavy (non-hydrogen) atoms. The first kappa shape index (κ1) is 21.0. The van der Waals surface area contributed by atoms with Crippen molar-refractivity contribution in [3.8, 4) is 5.75 Å². The zero-order chi connectivity index (χ0) is 16.5. The molecule has 0 aliphatic carbocycles. The van der Waals surface area contributed by atoms with E-state index in [0.717, 1.165) is 50.9 Å². The molecule has 1 saturated heterocycles. The summed E-state index contributed by atoms with van der Waals surface area (Å²) in [5.41, 5.74) is 1.20. The van der Waals surface area contributed by atoms with Gasteiger partial charge in [0.1, 0.15) is 5.75 Å². The molecule has 0 amide bonds.